The van der Waals surface area contributed by atoms with Gasteiger partial charge in [0.2, 0.25) is 5.91 Å². The fraction of sp³-hybridized carbons (Fsp3) is 0.333. The highest BCUT2D eigenvalue weighted by Crippen LogP contribution is 2.21. The predicted molar refractivity (Wildman–Crippen MR) is 83.7 cm³/mol. The first kappa shape index (κ1) is 19.2. The van der Waals surface area contributed by atoms with Gasteiger partial charge in [-0.2, -0.15) is 13.2 Å². The SMILES string of the molecule is O=C(CCn1[nH]c(=O)c2ccccc2c1=O)NC(CC(F)(F)F)C(=O)O. The summed E-state index contributed by atoms with van der Waals surface area (Å²) in [5.41, 5.74) is -1.15. The van der Waals surface area contributed by atoms with E-state index < -0.39 is 48.1 Å². The zero-order chi connectivity index (χ0) is 19.5. The second-order valence-electron chi connectivity index (χ2n) is 5.47. The number of benzene rings is 1. The number of carboxylic acid groups (broad SMARTS) is 1. The maximum atomic E-state index is 12.3. The van der Waals surface area contributed by atoms with E-state index >= 15 is 0 Å². The molecule has 0 saturated heterocycles. The summed E-state index contributed by atoms with van der Waals surface area (Å²) < 4.78 is 37.8. The van der Waals surface area contributed by atoms with Gasteiger partial charge < -0.3 is 10.4 Å². The molecule has 1 amide bonds. The summed E-state index contributed by atoms with van der Waals surface area (Å²) in [6.07, 6.45) is -6.98. The average Bonchev–Trinajstić information content (AvgIpc) is 2.55. The van der Waals surface area contributed by atoms with Crippen molar-refractivity contribution in [1.82, 2.24) is 15.1 Å². The molecule has 2 rings (SSSR count). The molecule has 1 unspecified atom stereocenters. The van der Waals surface area contributed by atoms with Gasteiger partial charge in [0, 0.05) is 6.42 Å². The van der Waals surface area contributed by atoms with Crippen LogP contribution in [0, 0.1) is 0 Å². The number of hydrogen-bond donors (Lipinski definition) is 3. The molecule has 1 aromatic heterocycles. The van der Waals surface area contributed by atoms with Crippen LogP contribution in [0.5, 0.6) is 0 Å². The standard InChI is InChI=1S/C15H14F3N3O5/c16-15(17,18)7-10(14(25)26)19-11(22)5-6-21-13(24)9-4-2-1-3-8(9)12(23)20-21/h1-4,10H,5-7H2,(H,19,22)(H,20,23)(H,25,26). The minimum atomic E-state index is -4.77. The zero-order valence-corrected chi connectivity index (χ0v) is 13.2. The maximum absolute atomic E-state index is 12.3. The number of carboxylic acids is 1. The molecule has 0 saturated carbocycles. The van der Waals surface area contributed by atoms with E-state index in [0.29, 0.717) is 0 Å². The van der Waals surface area contributed by atoms with Crippen molar-refractivity contribution in [1.29, 1.82) is 0 Å². The molecule has 11 heteroatoms. The maximum Gasteiger partial charge on any atom is 0.391 e. The number of halogens is 3. The first-order chi connectivity index (χ1) is 12.1. The summed E-state index contributed by atoms with van der Waals surface area (Å²) in [7, 11) is 0. The van der Waals surface area contributed by atoms with Crippen molar-refractivity contribution in [2.75, 3.05) is 0 Å². The first-order valence-corrected chi connectivity index (χ1v) is 7.39. The summed E-state index contributed by atoms with van der Waals surface area (Å²) in [6, 6.07) is 3.86. The van der Waals surface area contributed by atoms with Crippen LogP contribution in [0.3, 0.4) is 0 Å². The number of nitrogens with one attached hydrogen (secondary N) is 2. The van der Waals surface area contributed by atoms with Gasteiger partial charge in [-0.3, -0.25) is 19.5 Å². The minimum absolute atomic E-state index is 0.122. The van der Waals surface area contributed by atoms with Gasteiger partial charge in [-0.15, -0.1) is 0 Å². The highest BCUT2D eigenvalue weighted by atomic mass is 19.4. The molecule has 0 aliphatic carbocycles. The average molecular weight is 373 g/mol. The van der Waals surface area contributed by atoms with Gasteiger partial charge in [0.1, 0.15) is 6.04 Å². The van der Waals surface area contributed by atoms with Gasteiger partial charge in [0.05, 0.1) is 23.7 Å². The van der Waals surface area contributed by atoms with Gasteiger partial charge in [-0.1, -0.05) is 12.1 Å². The minimum Gasteiger partial charge on any atom is -0.480 e. The molecule has 1 atom stereocenters. The van der Waals surface area contributed by atoms with Crippen molar-refractivity contribution in [2.45, 2.75) is 31.6 Å². The third-order valence-electron chi connectivity index (χ3n) is 3.52. The molecular formula is C15H14F3N3O5. The second-order valence-corrected chi connectivity index (χ2v) is 5.47. The fourth-order valence-corrected chi connectivity index (χ4v) is 2.32. The summed E-state index contributed by atoms with van der Waals surface area (Å²) in [5.74, 6) is -2.82. The normalized spacial score (nSPS) is 12.7. The number of alkyl halides is 3. The Morgan fingerprint density at radius 1 is 1.19 bits per heavy atom. The second kappa shape index (κ2) is 7.42. The van der Waals surface area contributed by atoms with Crippen LogP contribution >= 0.6 is 0 Å². The van der Waals surface area contributed by atoms with Crippen LogP contribution in [0.25, 0.3) is 10.8 Å². The van der Waals surface area contributed by atoms with Crippen molar-refractivity contribution >= 4 is 22.6 Å². The lowest BCUT2D eigenvalue weighted by Crippen LogP contribution is -2.44. The summed E-state index contributed by atoms with van der Waals surface area (Å²) in [6.45, 7) is -0.330. The molecule has 0 radical (unpaired) electrons. The van der Waals surface area contributed by atoms with E-state index in [2.05, 4.69) is 5.10 Å². The number of aromatic nitrogens is 2. The third-order valence-corrected chi connectivity index (χ3v) is 3.52. The Kier molecular flexibility index (Phi) is 5.48. The monoisotopic (exact) mass is 373 g/mol. The van der Waals surface area contributed by atoms with E-state index in [-0.39, 0.29) is 17.3 Å². The Morgan fingerprint density at radius 2 is 1.81 bits per heavy atom. The number of rotatable bonds is 6. The number of carbonyl (C=O) groups excluding carboxylic acids is 1. The van der Waals surface area contributed by atoms with E-state index in [9.17, 15) is 32.3 Å². The zero-order valence-electron chi connectivity index (χ0n) is 13.2. The molecule has 0 aliphatic heterocycles. The molecule has 26 heavy (non-hydrogen) atoms. The molecule has 3 N–H and O–H groups in total. The van der Waals surface area contributed by atoms with E-state index in [1.807, 2.05) is 0 Å². The van der Waals surface area contributed by atoms with Gasteiger partial charge in [-0.05, 0) is 12.1 Å². The summed E-state index contributed by atoms with van der Waals surface area (Å²) in [4.78, 5) is 46.7. The molecule has 1 aromatic carbocycles. The molecule has 0 aliphatic rings. The van der Waals surface area contributed by atoms with Gasteiger partial charge >= 0.3 is 12.1 Å². The molecule has 0 bridgehead atoms. The number of nitrogens with zero attached hydrogens (tertiary/aromatic N) is 1. The van der Waals surface area contributed by atoms with Crippen LogP contribution in [0.15, 0.2) is 33.9 Å². The van der Waals surface area contributed by atoms with Gasteiger partial charge in [0.25, 0.3) is 11.1 Å². The van der Waals surface area contributed by atoms with Crippen LogP contribution in [0.1, 0.15) is 12.8 Å². The Bertz CT molecular complexity index is 948. The lowest BCUT2D eigenvalue weighted by Gasteiger charge is -2.16. The van der Waals surface area contributed by atoms with Crippen molar-refractivity contribution in [3.63, 3.8) is 0 Å². The number of hydrogen-bond acceptors (Lipinski definition) is 4. The summed E-state index contributed by atoms with van der Waals surface area (Å²) >= 11 is 0. The van der Waals surface area contributed by atoms with Gasteiger partial charge in [0.15, 0.2) is 0 Å². The number of aryl methyl sites for hydroxylation is 1. The number of aliphatic carboxylic acids is 1. The molecule has 2 aromatic rings. The van der Waals surface area contributed by atoms with Crippen molar-refractivity contribution in [3.8, 4) is 0 Å². The lowest BCUT2D eigenvalue weighted by atomic mass is 10.2. The molecule has 8 nitrogen and oxygen atoms in total. The Balaban J connectivity index is 2.11. The molecular weight excluding hydrogens is 359 g/mol. The molecule has 0 fully saturated rings. The topological polar surface area (TPSA) is 121 Å². The van der Waals surface area contributed by atoms with E-state index in [0.717, 1.165) is 4.68 Å². The Morgan fingerprint density at radius 3 is 2.38 bits per heavy atom. The van der Waals surface area contributed by atoms with Crippen LogP contribution < -0.4 is 16.4 Å². The number of amides is 1. The Hall–Kier alpha value is -3.11. The number of H-pyrrole nitrogens is 1. The van der Waals surface area contributed by atoms with E-state index in [1.54, 1.807) is 17.4 Å². The van der Waals surface area contributed by atoms with E-state index in [4.69, 9.17) is 5.11 Å². The lowest BCUT2D eigenvalue weighted by molar-refractivity contribution is -0.160. The quantitative estimate of drug-likeness (QED) is 0.685. The van der Waals surface area contributed by atoms with Crippen LogP contribution in [0.2, 0.25) is 0 Å². The van der Waals surface area contributed by atoms with Crippen molar-refractivity contribution < 1.29 is 27.9 Å². The van der Waals surface area contributed by atoms with Crippen molar-refractivity contribution in [3.05, 3.63) is 45.0 Å². The molecule has 0 spiro atoms. The first-order valence-electron chi connectivity index (χ1n) is 7.39. The van der Waals surface area contributed by atoms with Gasteiger partial charge in [-0.25, -0.2) is 9.48 Å². The predicted octanol–water partition coefficient (Wildman–Crippen LogP) is 0.602. The molecule has 1 heterocycles. The summed E-state index contributed by atoms with van der Waals surface area (Å²) in [5, 5.41) is 13.0. The highest BCUT2D eigenvalue weighted by molar-refractivity contribution is 5.83. The van der Waals surface area contributed by atoms with Crippen LogP contribution in [-0.2, 0) is 16.1 Å². The number of aromatic amines is 1. The number of carbonyl (C=O) groups is 2. The van der Waals surface area contributed by atoms with Crippen molar-refractivity contribution in [2.24, 2.45) is 0 Å². The smallest absolute Gasteiger partial charge is 0.391 e. The Labute approximate surface area is 143 Å². The molecule has 140 valence electrons. The number of fused-ring (bicyclic) bond motifs is 1. The largest absolute Gasteiger partial charge is 0.480 e. The highest BCUT2D eigenvalue weighted by Gasteiger charge is 2.36. The van der Waals surface area contributed by atoms with Crippen LogP contribution in [-0.4, -0.2) is 39.0 Å². The third kappa shape index (κ3) is 4.71. The van der Waals surface area contributed by atoms with Crippen LogP contribution in [0.4, 0.5) is 13.2 Å². The fourth-order valence-electron chi connectivity index (χ4n) is 2.32. The van der Waals surface area contributed by atoms with E-state index in [1.165, 1.54) is 12.1 Å².